The van der Waals surface area contributed by atoms with E-state index in [4.69, 9.17) is 4.74 Å². The van der Waals surface area contributed by atoms with Crippen LogP contribution in [0.15, 0.2) is 30.3 Å². The summed E-state index contributed by atoms with van der Waals surface area (Å²) in [6, 6.07) is 9.65. The van der Waals surface area contributed by atoms with Crippen LogP contribution in [0.3, 0.4) is 0 Å². The fourth-order valence-corrected chi connectivity index (χ4v) is 2.64. The summed E-state index contributed by atoms with van der Waals surface area (Å²) in [5.74, 6) is 0.253. The van der Waals surface area contributed by atoms with Crippen LogP contribution in [-0.2, 0) is 16.1 Å². The minimum absolute atomic E-state index is 0.00877. The zero-order valence-corrected chi connectivity index (χ0v) is 12.6. The topological polar surface area (TPSA) is 46.6 Å². The van der Waals surface area contributed by atoms with E-state index in [1.165, 1.54) is 0 Å². The number of carbonyl (C=O) groups excluding carboxylic acids is 2. The number of ether oxygens (including phenoxy) is 1. The standard InChI is InChI=1S/C17H23NO3/c1-2-3-9-15-12-16(19)10-11-18(15)17(20)21-13-14-7-5-4-6-8-14/h4-8,15H,2-3,9-13H2,1H3. The number of rotatable bonds is 5. The molecule has 0 aromatic heterocycles. The van der Waals surface area contributed by atoms with Gasteiger partial charge in [0.25, 0.3) is 0 Å². The second-order valence-corrected chi connectivity index (χ2v) is 5.52. The minimum atomic E-state index is -0.299. The van der Waals surface area contributed by atoms with Gasteiger partial charge in [0.1, 0.15) is 12.4 Å². The van der Waals surface area contributed by atoms with Crippen LogP contribution in [0, 0.1) is 0 Å². The number of amides is 1. The molecule has 1 amide bonds. The van der Waals surface area contributed by atoms with Gasteiger partial charge in [-0.2, -0.15) is 0 Å². The average Bonchev–Trinajstić information content (AvgIpc) is 2.51. The quantitative estimate of drug-likeness (QED) is 0.833. The number of benzene rings is 1. The molecular weight excluding hydrogens is 266 g/mol. The van der Waals surface area contributed by atoms with E-state index in [0.29, 0.717) is 19.4 Å². The summed E-state index contributed by atoms with van der Waals surface area (Å²) in [4.78, 5) is 25.6. The molecule has 114 valence electrons. The number of hydrogen-bond acceptors (Lipinski definition) is 3. The van der Waals surface area contributed by atoms with Crippen molar-refractivity contribution < 1.29 is 14.3 Å². The van der Waals surface area contributed by atoms with Gasteiger partial charge in [0.15, 0.2) is 0 Å². The van der Waals surface area contributed by atoms with E-state index in [-0.39, 0.29) is 24.5 Å². The van der Waals surface area contributed by atoms with Crippen LogP contribution in [0.1, 0.15) is 44.6 Å². The molecule has 1 atom stereocenters. The van der Waals surface area contributed by atoms with Gasteiger partial charge in [-0.15, -0.1) is 0 Å². The number of piperidine rings is 1. The van der Waals surface area contributed by atoms with Gasteiger partial charge in [0, 0.05) is 25.4 Å². The number of carbonyl (C=O) groups is 2. The normalized spacial score (nSPS) is 18.6. The van der Waals surface area contributed by atoms with Crippen LogP contribution in [0.25, 0.3) is 0 Å². The number of unbranched alkanes of at least 4 members (excludes halogenated alkanes) is 1. The third-order valence-corrected chi connectivity index (χ3v) is 3.87. The van der Waals surface area contributed by atoms with Crippen LogP contribution in [-0.4, -0.2) is 29.4 Å². The zero-order valence-electron chi connectivity index (χ0n) is 12.6. The van der Waals surface area contributed by atoms with E-state index in [1.54, 1.807) is 4.90 Å². The van der Waals surface area contributed by atoms with Gasteiger partial charge >= 0.3 is 6.09 Å². The predicted molar refractivity (Wildman–Crippen MR) is 80.9 cm³/mol. The maximum Gasteiger partial charge on any atom is 0.410 e. The van der Waals surface area contributed by atoms with E-state index < -0.39 is 0 Å². The summed E-state index contributed by atoms with van der Waals surface area (Å²) in [7, 11) is 0. The fraction of sp³-hybridized carbons (Fsp3) is 0.529. The Balaban J connectivity index is 1.90. The third-order valence-electron chi connectivity index (χ3n) is 3.87. The monoisotopic (exact) mass is 289 g/mol. The van der Waals surface area contributed by atoms with Crippen molar-refractivity contribution in [2.45, 2.75) is 51.7 Å². The van der Waals surface area contributed by atoms with Gasteiger partial charge in [-0.25, -0.2) is 4.79 Å². The molecule has 1 saturated heterocycles. The second kappa shape index (κ2) is 7.81. The molecule has 0 saturated carbocycles. The molecule has 4 heteroatoms. The number of likely N-dealkylation sites (tertiary alicyclic amines) is 1. The van der Waals surface area contributed by atoms with Crippen molar-refractivity contribution >= 4 is 11.9 Å². The lowest BCUT2D eigenvalue weighted by Gasteiger charge is -2.34. The first-order valence-corrected chi connectivity index (χ1v) is 7.69. The molecule has 0 radical (unpaired) electrons. The van der Waals surface area contributed by atoms with Crippen LogP contribution in [0.2, 0.25) is 0 Å². The summed E-state index contributed by atoms with van der Waals surface area (Å²) in [5, 5.41) is 0. The summed E-state index contributed by atoms with van der Waals surface area (Å²) >= 11 is 0. The van der Waals surface area contributed by atoms with Crippen molar-refractivity contribution in [1.29, 1.82) is 0 Å². The van der Waals surface area contributed by atoms with Gasteiger partial charge in [0.2, 0.25) is 0 Å². The average molecular weight is 289 g/mol. The summed E-state index contributed by atoms with van der Waals surface area (Å²) in [5.41, 5.74) is 0.976. The van der Waals surface area contributed by atoms with Gasteiger partial charge in [0.05, 0.1) is 0 Å². The van der Waals surface area contributed by atoms with Crippen LogP contribution in [0.5, 0.6) is 0 Å². The molecule has 2 rings (SSSR count). The molecule has 1 fully saturated rings. The van der Waals surface area contributed by atoms with E-state index in [1.807, 2.05) is 30.3 Å². The Hall–Kier alpha value is -1.84. The van der Waals surface area contributed by atoms with Crippen LogP contribution in [0.4, 0.5) is 4.79 Å². The summed E-state index contributed by atoms with van der Waals surface area (Å²) in [6.45, 7) is 2.88. The highest BCUT2D eigenvalue weighted by molar-refractivity contribution is 5.82. The first kappa shape index (κ1) is 15.5. The molecule has 0 N–H and O–H groups in total. The molecule has 1 aromatic rings. The Bertz CT molecular complexity index is 472. The molecule has 1 aromatic carbocycles. The number of nitrogens with zero attached hydrogens (tertiary/aromatic N) is 1. The maximum atomic E-state index is 12.2. The highest BCUT2D eigenvalue weighted by Crippen LogP contribution is 2.20. The Morgan fingerprint density at radius 1 is 1.33 bits per heavy atom. The van der Waals surface area contributed by atoms with Crippen LogP contribution >= 0.6 is 0 Å². The van der Waals surface area contributed by atoms with Gasteiger partial charge < -0.3 is 9.64 Å². The highest BCUT2D eigenvalue weighted by atomic mass is 16.6. The van der Waals surface area contributed by atoms with Gasteiger partial charge in [-0.1, -0.05) is 50.1 Å². The van der Waals surface area contributed by atoms with Crippen molar-refractivity contribution in [2.24, 2.45) is 0 Å². The van der Waals surface area contributed by atoms with E-state index in [9.17, 15) is 9.59 Å². The SMILES string of the molecule is CCCCC1CC(=O)CCN1C(=O)OCc1ccccc1. The lowest BCUT2D eigenvalue weighted by Crippen LogP contribution is -2.46. The minimum Gasteiger partial charge on any atom is -0.445 e. The Labute approximate surface area is 126 Å². The first-order valence-electron chi connectivity index (χ1n) is 7.69. The number of ketones is 1. The molecular formula is C17H23NO3. The van der Waals surface area contributed by atoms with E-state index in [0.717, 1.165) is 24.8 Å². The predicted octanol–water partition coefficient (Wildman–Crippen LogP) is 3.55. The third kappa shape index (κ3) is 4.59. The smallest absolute Gasteiger partial charge is 0.410 e. The molecule has 0 bridgehead atoms. The molecule has 1 aliphatic rings. The maximum absolute atomic E-state index is 12.2. The highest BCUT2D eigenvalue weighted by Gasteiger charge is 2.30. The lowest BCUT2D eigenvalue weighted by atomic mass is 9.97. The molecule has 0 spiro atoms. The Morgan fingerprint density at radius 2 is 2.10 bits per heavy atom. The number of Topliss-reactive ketones (excluding diaryl/α,β-unsaturated/α-hetero) is 1. The van der Waals surface area contributed by atoms with Crippen molar-refractivity contribution in [3.8, 4) is 0 Å². The van der Waals surface area contributed by atoms with Gasteiger partial charge in [-0.3, -0.25) is 4.79 Å². The molecule has 1 unspecified atom stereocenters. The molecule has 4 nitrogen and oxygen atoms in total. The van der Waals surface area contributed by atoms with Crippen molar-refractivity contribution in [3.05, 3.63) is 35.9 Å². The summed E-state index contributed by atoms with van der Waals surface area (Å²) < 4.78 is 5.39. The molecule has 1 aliphatic heterocycles. The largest absolute Gasteiger partial charge is 0.445 e. The second-order valence-electron chi connectivity index (χ2n) is 5.52. The van der Waals surface area contributed by atoms with Gasteiger partial charge in [-0.05, 0) is 12.0 Å². The van der Waals surface area contributed by atoms with Crippen molar-refractivity contribution in [2.75, 3.05) is 6.54 Å². The van der Waals surface area contributed by atoms with Crippen molar-refractivity contribution in [1.82, 2.24) is 4.90 Å². The molecule has 1 heterocycles. The summed E-state index contributed by atoms with van der Waals surface area (Å²) in [6.07, 6.45) is 3.59. The van der Waals surface area contributed by atoms with E-state index in [2.05, 4.69) is 6.92 Å². The molecule has 0 aliphatic carbocycles. The number of hydrogen-bond donors (Lipinski definition) is 0. The Morgan fingerprint density at radius 3 is 2.81 bits per heavy atom. The zero-order chi connectivity index (χ0) is 15.1. The van der Waals surface area contributed by atoms with Crippen LogP contribution < -0.4 is 0 Å². The Kier molecular flexibility index (Phi) is 5.78. The van der Waals surface area contributed by atoms with Crippen molar-refractivity contribution in [3.63, 3.8) is 0 Å². The first-order chi connectivity index (χ1) is 10.2. The lowest BCUT2D eigenvalue weighted by molar-refractivity contribution is -0.122. The van der Waals surface area contributed by atoms with E-state index >= 15 is 0 Å². The molecule has 21 heavy (non-hydrogen) atoms. The fourth-order valence-electron chi connectivity index (χ4n) is 2.64.